The summed E-state index contributed by atoms with van der Waals surface area (Å²) in [4.78, 5) is 29.7. The molecular formula is C27H31ClN4O2S. The van der Waals surface area contributed by atoms with Crippen molar-refractivity contribution in [2.24, 2.45) is 5.92 Å². The fourth-order valence-corrected chi connectivity index (χ4v) is 5.30. The van der Waals surface area contributed by atoms with Gasteiger partial charge in [-0.05, 0) is 54.9 Å². The number of aryl methyl sites for hydroxylation is 2. The van der Waals surface area contributed by atoms with E-state index < -0.39 is 0 Å². The number of hydrogen-bond donors (Lipinski definition) is 0. The predicted molar refractivity (Wildman–Crippen MR) is 141 cm³/mol. The lowest BCUT2D eigenvalue weighted by molar-refractivity contribution is -0.124. The van der Waals surface area contributed by atoms with Gasteiger partial charge >= 0.3 is 0 Å². The molecule has 1 saturated heterocycles. The van der Waals surface area contributed by atoms with Crippen molar-refractivity contribution >= 4 is 40.3 Å². The number of carbonyl (C=O) groups excluding carboxylic acids is 2. The first kappa shape index (κ1) is 25.5. The molecule has 1 aromatic heterocycles. The molecule has 0 bridgehead atoms. The van der Waals surface area contributed by atoms with Gasteiger partial charge in [-0.15, -0.1) is 21.5 Å². The topological polar surface area (TPSA) is 66.4 Å². The second-order valence-electron chi connectivity index (χ2n) is 8.89. The molecule has 2 heterocycles. The SMILES string of the molecule is CCN(CC)Cc1ccc(N2CC(C(=O)Cc3nnc(CCc4ccc(Cl)cc4)s3)CC2=O)cc1. The molecule has 1 aliphatic heterocycles. The Hall–Kier alpha value is -2.61. The van der Waals surface area contributed by atoms with Crippen LogP contribution >= 0.6 is 22.9 Å². The number of anilines is 1. The van der Waals surface area contributed by atoms with Crippen LogP contribution in [0.15, 0.2) is 48.5 Å². The summed E-state index contributed by atoms with van der Waals surface area (Å²) >= 11 is 7.42. The van der Waals surface area contributed by atoms with E-state index in [0.29, 0.717) is 11.6 Å². The van der Waals surface area contributed by atoms with Gasteiger partial charge in [0.25, 0.3) is 0 Å². The third-order valence-electron chi connectivity index (χ3n) is 6.50. The third-order valence-corrected chi connectivity index (χ3v) is 7.74. The molecule has 6 nitrogen and oxygen atoms in total. The van der Waals surface area contributed by atoms with E-state index >= 15 is 0 Å². The van der Waals surface area contributed by atoms with E-state index in [-0.39, 0.29) is 30.4 Å². The van der Waals surface area contributed by atoms with Gasteiger partial charge in [0.05, 0.1) is 6.42 Å². The van der Waals surface area contributed by atoms with Crippen molar-refractivity contribution in [1.82, 2.24) is 15.1 Å². The van der Waals surface area contributed by atoms with Crippen LogP contribution < -0.4 is 4.90 Å². The van der Waals surface area contributed by atoms with Crippen molar-refractivity contribution in [1.29, 1.82) is 0 Å². The summed E-state index contributed by atoms with van der Waals surface area (Å²) in [6.45, 7) is 7.64. The maximum absolute atomic E-state index is 12.9. The van der Waals surface area contributed by atoms with Gasteiger partial charge in [-0.3, -0.25) is 14.5 Å². The number of rotatable bonds is 11. The lowest BCUT2D eigenvalue weighted by Gasteiger charge is -2.20. The van der Waals surface area contributed by atoms with Gasteiger partial charge in [0.2, 0.25) is 5.91 Å². The average Bonchev–Trinajstić information content (AvgIpc) is 3.49. The maximum Gasteiger partial charge on any atom is 0.227 e. The summed E-state index contributed by atoms with van der Waals surface area (Å²) in [5.74, 6) is -0.251. The van der Waals surface area contributed by atoms with E-state index in [0.717, 1.165) is 48.2 Å². The molecule has 0 spiro atoms. The molecule has 1 aliphatic rings. The smallest absolute Gasteiger partial charge is 0.227 e. The second kappa shape index (κ2) is 11.9. The Morgan fingerprint density at radius 1 is 1.00 bits per heavy atom. The fraction of sp³-hybridized carbons (Fsp3) is 0.407. The molecule has 3 aromatic rings. The molecule has 0 N–H and O–H groups in total. The molecule has 1 fully saturated rings. The molecule has 8 heteroatoms. The van der Waals surface area contributed by atoms with Crippen molar-refractivity contribution in [3.05, 3.63) is 74.7 Å². The zero-order valence-corrected chi connectivity index (χ0v) is 21.8. The van der Waals surface area contributed by atoms with Gasteiger partial charge in [0.15, 0.2) is 0 Å². The molecule has 1 atom stereocenters. The van der Waals surface area contributed by atoms with Crippen molar-refractivity contribution in [3.63, 3.8) is 0 Å². The highest BCUT2D eigenvalue weighted by Crippen LogP contribution is 2.27. The van der Waals surface area contributed by atoms with Gasteiger partial charge < -0.3 is 4.90 Å². The Morgan fingerprint density at radius 3 is 2.34 bits per heavy atom. The number of benzene rings is 2. The number of aromatic nitrogens is 2. The van der Waals surface area contributed by atoms with Crippen molar-refractivity contribution in [3.8, 4) is 0 Å². The third kappa shape index (κ3) is 6.75. The van der Waals surface area contributed by atoms with Crippen LogP contribution in [0.3, 0.4) is 0 Å². The normalized spacial score (nSPS) is 15.8. The van der Waals surface area contributed by atoms with Crippen molar-refractivity contribution < 1.29 is 9.59 Å². The standard InChI is InChI=1S/C27H31ClN4O2S/c1-3-31(4-2)17-20-7-12-23(13-8-20)32-18-21(15-27(32)34)24(33)16-26-30-29-25(35-26)14-9-19-5-10-22(28)11-6-19/h5-8,10-13,21H,3-4,9,14-18H2,1-2H3. The molecule has 0 aliphatic carbocycles. The van der Waals surface area contributed by atoms with E-state index in [9.17, 15) is 9.59 Å². The number of Topliss-reactive ketones (excluding diaryl/α,β-unsaturated/α-hetero) is 1. The summed E-state index contributed by atoms with van der Waals surface area (Å²) in [5.41, 5.74) is 3.27. The van der Waals surface area contributed by atoms with Crippen LogP contribution in [0, 0.1) is 5.92 Å². The Labute approximate surface area is 215 Å². The predicted octanol–water partition coefficient (Wildman–Crippen LogP) is 4.98. The van der Waals surface area contributed by atoms with Gasteiger partial charge in [-0.25, -0.2) is 0 Å². The van der Waals surface area contributed by atoms with Crippen LogP contribution in [0.2, 0.25) is 5.02 Å². The first-order valence-electron chi connectivity index (χ1n) is 12.1. The highest BCUT2D eigenvalue weighted by molar-refractivity contribution is 7.11. The number of halogens is 1. The van der Waals surface area contributed by atoms with E-state index in [4.69, 9.17) is 11.6 Å². The summed E-state index contributed by atoms with van der Waals surface area (Å²) in [6.07, 6.45) is 2.10. The molecule has 4 rings (SSSR count). The Balaban J connectivity index is 1.30. The van der Waals surface area contributed by atoms with Crippen LogP contribution in [-0.4, -0.2) is 46.4 Å². The Kier molecular flexibility index (Phi) is 8.65. The molecule has 184 valence electrons. The molecular weight excluding hydrogens is 480 g/mol. The van der Waals surface area contributed by atoms with Crippen LogP contribution in [0.1, 0.15) is 41.4 Å². The van der Waals surface area contributed by atoms with Crippen LogP contribution in [-0.2, 0) is 35.4 Å². The van der Waals surface area contributed by atoms with E-state index in [1.807, 2.05) is 36.4 Å². The molecule has 35 heavy (non-hydrogen) atoms. The Bertz CT molecular complexity index is 1140. The first-order valence-corrected chi connectivity index (χ1v) is 13.3. The van der Waals surface area contributed by atoms with Crippen LogP contribution in [0.5, 0.6) is 0 Å². The largest absolute Gasteiger partial charge is 0.312 e. The molecule has 2 aromatic carbocycles. The summed E-state index contributed by atoms with van der Waals surface area (Å²) in [5, 5.41) is 10.8. The zero-order chi connectivity index (χ0) is 24.8. The average molecular weight is 511 g/mol. The lowest BCUT2D eigenvalue weighted by atomic mass is 10.0. The van der Waals surface area contributed by atoms with Crippen molar-refractivity contribution in [2.75, 3.05) is 24.5 Å². The fourth-order valence-electron chi connectivity index (χ4n) is 4.32. The van der Waals surface area contributed by atoms with Gasteiger partial charge in [-0.2, -0.15) is 0 Å². The first-order chi connectivity index (χ1) is 16.9. The summed E-state index contributed by atoms with van der Waals surface area (Å²) in [7, 11) is 0. The summed E-state index contributed by atoms with van der Waals surface area (Å²) in [6, 6.07) is 15.9. The maximum atomic E-state index is 12.9. The Morgan fingerprint density at radius 2 is 1.66 bits per heavy atom. The highest BCUT2D eigenvalue weighted by Gasteiger charge is 2.35. The zero-order valence-electron chi connectivity index (χ0n) is 20.2. The molecule has 1 unspecified atom stereocenters. The number of ketones is 1. The van der Waals surface area contributed by atoms with Crippen LogP contribution in [0.4, 0.5) is 5.69 Å². The number of nitrogens with zero attached hydrogens (tertiary/aromatic N) is 4. The quantitative estimate of drug-likeness (QED) is 0.364. The molecule has 0 radical (unpaired) electrons. The molecule has 1 amide bonds. The van der Waals surface area contributed by atoms with Gasteiger partial charge in [0, 0.05) is 42.6 Å². The monoisotopic (exact) mass is 510 g/mol. The summed E-state index contributed by atoms with van der Waals surface area (Å²) < 4.78 is 0. The van der Waals surface area contributed by atoms with Gasteiger partial charge in [-0.1, -0.05) is 49.7 Å². The van der Waals surface area contributed by atoms with E-state index in [2.05, 4.69) is 41.1 Å². The molecule has 0 saturated carbocycles. The van der Waals surface area contributed by atoms with E-state index in [1.54, 1.807) is 4.90 Å². The van der Waals surface area contributed by atoms with E-state index in [1.165, 1.54) is 22.5 Å². The lowest BCUT2D eigenvalue weighted by Crippen LogP contribution is -2.26. The number of hydrogen-bond acceptors (Lipinski definition) is 6. The number of amides is 1. The van der Waals surface area contributed by atoms with Crippen molar-refractivity contribution in [2.45, 2.75) is 46.1 Å². The van der Waals surface area contributed by atoms with Crippen LogP contribution in [0.25, 0.3) is 0 Å². The minimum Gasteiger partial charge on any atom is -0.312 e. The second-order valence-corrected chi connectivity index (χ2v) is 10.5. The number of carbonyl (C=O) groups is 2. The minimum atomic E-state index is -0.306. The minimum absolute atomic E-state index is 0.000704. The highest BCUT2D eigenvalue weighted by atomic mass is 35.5. The van der Waals surface area contributed by atoms with Gasteiger partial charge in [0.1, 0.15) is 15.8 Å².